The zero-order valence-electron chi connectivity index (χ0n) is 13.7. The van der Waals surface area contributed by atoms with Crippen molar-refractivity contribution in [3.63, 3.8) is 0 Å². The van der Waals surface area contributed by atoms with Gasteiger partial charge in [-0.1, -0.05) is 34.1 Å². The molecule has 0 spiro atoms. The topological polar surface area (TPSA) is 58.4 Å². The number of likely N-dealkylation sites (tertiary alicyclic amines) is 1. The van der Waals surface area contributed by atoms with Gasteiger partial charge in [-0.3, -0.25) is 14.4 Å². The van der Waals surface area contributed by atoms with Crippen molar-refractivity contribution in [3.8, 4) is 0 Å². The first-order chi connectivity index (χ1) is 11.6. The van der Waals surface area contributed by atoms with E-state index in [1.807, 2.05) is 35.1 Å². The number of carboxylic acid groups (broad SMARTS) is 1. The van der Waals surface area contributed by atoms with Crippen LogP contribution >= 0.6 is 15.9 Å². The minimum Gasteiger partial charge on any atom is -0.480 e. The molecule has 1 aromatic carbocycles. The highest BCUT2D eigenvalue weighted by Crippen LogP contribution is 2.34. The highest BCUT2D eigenvalue weighted by Gasteiger charge is 2.32. The van der Waals surface area contributed by atoms with Crippen LogP contribution in [-0.4, -0.2) is 38.8 Å². The predicted molar refractivity (Wildman–Crippen MR) is 96.0 cm³/mol. The molecular formula is C18H22BrN3O2. The van der Waals surface area contributed by atoms with Crippen molar-refractivity contribution in [2.45, 2.75) is 38.3 Å². The monoisotopic (exact) mass is 391 g/mol. The lowest BCUT2D eigenvalue weighted by Crippen LogP contribution is -2.39. The second kappa shape index (κ2) is 7.49. The Morgan fingerprint density at radius 3 is 2.67 bits per heavy atom. The molecule has 1 atom stereocenters. The van der Waals surface area contributed by atoms with E-state index < -0.39 is 12.0 Å². The summed E-state index contributed by atoms with van der Waals surface area (Å²) >= 11 is 3.49. The van der Waals surface area contributed by atoms with E-state index in [1.54, 1.807) is 0 Å². The van der Waals surface area contributed by atoms with E-state index >= 15 is 0 Å². The number of hydrogen-bond donors (Lipinski definition) is 1. The van der Waals surface area contributed by atoms with Crippen LogP contribution in [-0.2, 0) is 11.3 Å². The lowest BCUT2D eigenvalue weighted by molar-refractivity contribution is -0.144. The second-order valence-corrected chi connectivity index (χ2v) is 7.06. The molecule has 128 valence electrons. The highest BCUT2D eigenvalue weighted by molar-refractivity contribution is 9.10. The van der Waals surface area contributed by atoms with E-state index in [0.29, 0.717) is 5.92 Å². The van der Waals surface area contributed by atoms with Gasteiger partial charge in [0.1, 0.15) is 6.04 Å². The van der Waals surface area contributed by atoms with E-state index in [-0.39, 0.29) is 0 Å². The molecular weight excluding hydrogens is 370 g/mol. The van der Waals surface area contributed by atoms with Crippen molar-refractivity contribution in [2.24, 2.45) is 0 Å². The first-order valence-electron chi connectivity index (χ1n) is 8.33. The molecule has 2 aromatic rings. The number of hydrogen-bond acceptors (Lipinski definition) is 3. The maximum Gasteiger partial charge on any atom is 0.325 e. The summed E-state index contributed by atoms with van der Waals surface area (Å²) < 4.78 is 2.80. The zero-order chi connectivity index (χ0) is 17.1. The molecule has 5 nitrogen and oxygen atoms in total. The van der Waals surface area contributed by atoms with Gasteiger partial charge < -0.3 is 5.11 Å². The number of carboxylic acids is 1. The fourth-order valence-corrected chi connectivity index (χ4v) is 3.94. The third-order valence-corrected chi connectivity index (χ3v) is 5.50. The van der Waals surface area contributed by atoms with E-state index in [4.69, 9.17) is 0 Å². The molecule has 0 amide bonds. The fourth-order valence-electron chi connectivity index (χ4n) is 3.44. The number of aliphatic carboxylic acids is 1. The van der Waals surface area contributed by atoms with E-state index in [0.717, 1.165) is 42.5 Å². The Kier molecular flexibility index (Phi) is 5.36. The minimum atomic E-state index is -0.792. The number of nitrogens with zero attached hydrogens (tertiary/aromatic N) is 3. The predicted octanol–water partition coefficient (Wildman–Crippen LogP) is 3.67. The van der Waals surface area contributed by atoms with Crippen LogP contribution in [0.2, 0.25) is 0 Å². The summed E-state index contributed by atoms with van der Waals surface area (Å²) in [5.74, 6) is -0.325. The van der Waals surface area contributed by atoms with Crippen molar-refractivity contribution < 1.29 is 9.90 Å². The molecule has 6 heteroatoms. The first-order valence-corrected chi connectivity index (χ1v) is 9.13. The first kappa shape index (κ1) is 17.2. The average molecular weight is 392 g/mol. The molecule has 1 N–H and O–H groups in total. The number of aromatic nitrogens is 2. The Morgan fingerprint density at radius 2 is 2.08 bits per heavy atom. The molecule has 0 aliphatic carbocycles. The lowest BCUT2D eigenvalue weighted by Gasteiger charge is -2.35. The van der Waals surface area contributed by atoms with E-state index in [1.165, 1.54) is 5.56 Å². The summed E-state index contributed by atoms with van der Waals surface area (Å²) in [6.45, 7) is 4.51. The lowest BCUT2D eigenvalue weighted by atomic mass is 9.90. The fraction of sp³-hybridized carbons (Fsp3) is 0.444. The SMILES string of the molecule is CCn1cc(C2CCN(C(C(=O)O)c3ccccc3Br)CC2)cn1. The van der Waals surface area contributed by atoms with Crippen LogP contribution in [0.4, 0.5) is 0 Å². The maximum absolute atomic E-state index is 11.9. The van der Waals surface area contributed by atoms with Gasteiger partial charge in [-0.15, -0.1) is 0 Å². The molecule has 0 bridgehead atoms. The van der Waals surface area contributed by atoms with Crippen LogP contribution in [0.5, 0.6) is 0 Å². The quantitative estimate of drug-likeness (QED) is 0.844. The van der Waals surface area contributed by atoms with Gasteiger partial charge in [0.2, 0.25) is 0 Å². The van der Waals surface area contributed by atoms with Gasteiger partial charge >= 0.3 is 5.97 Å². The van der Waals surface area contributed by atoms with E-state index in [2.05, 4.69) is 39.0 Å². The zero-order valence-corrected chi connectivity index (χ0v) is 15.3. The summed E-state index contributed by atoms with van der Waals surface area (Å²) in [5, 5.41) is 14.1. The molecule has 1 unspecified atom stereocenters. The Balaban J connectivity index is 1.72. The Bertz CT molecular complexity index is 708. The van der Waals surface area contributed by atoms with Gasteiger partial charge in [0, 0.05) is 17.2 Å². The third-order valence-electron chi connectivity index (χ3n) is 4.78. The molecule has 1 fully saturated rings. The van der Waals surface area contributed by atoms with E-state index in [9.17, 15) is 9.90 Å². The molecule has 0 saturated carbocycles. The summed E-state index contributed by atoms with van der Waals surface area (Å²) in [4.78, 5) is 13.9. The number of carbonyl (C=O) groups is 1. The number of rotatable bonds is 5. The largest absolute Gasteiger partial charge is 0.480 e. The van der Waals surface area contributed by atoms with Crippen molar-refractivity contribution in [2.75, 3.05) is 13.1 Å². The van der Waals surface area contributed by atoms with Gasteiger partial charge in [-0.05, 0) is 56.0 Å². The summed E-state index contributed by atoms with van der Waals surface area (Å²) in [5.41, 5.74) is 2.09. The summed E-state index contributed by atoms with van der Waals surface area (Å²) in [7, 11) is 0. The van der Waals surface area contributed by atoms with Crippen molar-refractivity contribution >= 4 is 21.9 Å². The second-order valence-electron chi connectivity index (χ2n) is 6.20. The van der Waals surface area contributed by atoms with Crippen molar-refractivity contribution in [1.82, 2.24) is 14.7 Å². The van der Waals surface area contributed by atoms with Crippen molar-refractivity contribution in [1.29, 1.82) is 0 Å². The Labute approximate surface area is 150 Å². The summed E-state index contributed by atoms with van der Waals surface area (Å²) in [6.07, 6.45) is 5.99. The molecule has 24 heavy (non-hydrogen) atoms. The van der Waals surface area contributed by atoms with Crippen LogP contribution in [0.25, 0.3) is 0 Å². The van der Waals surface area contributed by atoms with Gasteiger partial charge in [-0.2, -0.15) is 5.10 Å². The minimum absolute atomic E-state index is 0.468. The molecule has 1 aromatic heterocycles. The van der Waals surface area contributed by atoms with Crippen LogP contribution in [0.1, 0.15) is 42.9 Å². The van der Waals surface area contributed by atoms with Gasteiger partial charge in [-0.25, -0.2) is 0 Å². The van der Waals surface area contributed by atoms with Gasteiger partial charge in [0.25, 0.3) is 0 Å². The van der Waals surface area contributed by atoms with Crippen molar-refractivity contribution in [3.05, 3.63) is 52.3 Å². The third kappa shape index (κ3) is 3.54. The number of piperidine rings is 1. The Hall–Kier alpha value is -1.66. The number of aryl methyl sites for hydroxylation is 1. The molecule has 0 radical (unpaired) electrons. The number of halogens is 1. The summed E-state index contributed by atoms with van der Waals surface area (Å²) in [6, 6.07) is 6.99. The Morgan fingerprint density at radius 1 is 1.38 bits per heavy atom. The highest BCUT2D eigenvalue weighted by atomic mass is 79.9. The molecule has 1 aliphatic heterocycles. The molecule has 1 aliphatic rings. The smallest absolute Gasteiger partial charge is 0.325 e. The molecule has 2 heterocycles. The van der Waals surface area contributed by atoms with Crippen LogP contribution in [0, 0.1) is 0 Å². The van der Waals surface area contributed by atoms with Crippen LogP contribution < -0.4 is 0 Å². The standard InChI is InChI=1S/C18H22BrN3O2/c1-2-22-12-14(11-20-22)13-7-9-21(10-8-13)17(18(23)24)15-5-3-4-6-16(15)19/h3-6,11-13,17H,2,7-10H2,1H3,(H,23,24). The van der Waals surface area contributed by atoms with Crippen LogP contribution in [0.15, 0.2) is 41.1 Å². The molecule has 3 rings (SSSR count). The van der Waals surface area contributed by atoms with Gasteiger partial charge in [0.05, 0.1) is 6.20 Å². The average Bonchev–Trinajstić information content (AvgIpc) is 3.06. The number of benzene rings is 1. The maximum atomic E-state index is 11.9. The molecule has 1 saturated heterocycles. The normalized spacial score (nSPS) is 17.8. The van der Waals surface area contributed by atoms with Crippen LogP contribution in [0.3, 0.4) is 0 Å². The van der Waals surface area contributed by atoms with Gasteiger partial charge in [0.15, 0.2) is 0 Å².